The molecule has 79 heavy (non-hydrogen) atoms. The number of unbranched alkanes of at least 4 members (excludes halogenated alkanes) is 2. The maximum atomic E-state index is 14.1. The molecule has 4 aromatic carbocycles. The average Bonchev–Trinajstić information content (AvgIpc) is 4.36. The zero-order chi connectivity index (χ0) is 56.1. The molecule has 412 valence electrons. The number of aryl methyl sites for hydroxylation is 2. The third-order valence-electron chi connectivity index (χ3n) is 14.7. The van der Waals surface area contributed by atoms with Gasteiger partial charge in [-0.25, -0.2) is 0 Å². The number of rotatable bonds is 21. The molecule has 0 aromatic heterocycles. The lowest BCUT2D eigenvalue weighted by molar-refractivity contribution is -0.137. The Morgan fingerprint density at radius 2 is 1.39 bits per heavy atom. The molecule has 5 N–H and O–H groups in total. The van der Waals surface area contributed by atoms with Gasteiger partial charge in [-0.3, -0.25) is 43.5 Å². The Hall–Kier alpha value is -8.58. The van der Waals surface area contributed by atoms with Crippen LogP contribution in [0.2, 0.25) is 0 Å². The van der Waals surface area contributed by atoms with Gasteiger partial charge in [0, 0.05) is 74.4 Å². The van der Waals surface area contributed by atoms with Gasteiger partial charge in [-0.15, -0.1) is 0 Å². The van der Waals surface area contributed by atoms with Crippen molar-refractivity contribution in [3.63, 3.8) is 0 Å². The standard InChI is InChI=1S/C60H66N8O11/c1-34(2)55(65-52(69)11-8-7-9-22-66-53(70)20-21-54(66)71)58(74)62-37(5)56(72)63-42-18-16-39(17-19-42)40-26-43-31-61-46-29-51(50(77-6)28-45(46)59(75)67(43)32-40)79-24-10-23-78-49-30-47-44(25-36(49)4)60(76)68-33-41(27-48(68)57(73)64-47)38-14-12-35(3)13-15-38/h12-21,25,28-34,37,43,48,55,57,64,73H,7-11,22-24,26-27H2,1-6H3,(H,62,74)(H,63,72)(H,65,69)/t37-,43-,48-,55-,57?/m0/s1. The Labute approximate surface area is 458 Å². The lowest BCUT2D eigenvalue weighted by Crippen LogP contribution is -2.53. The third-order valence-corrected chi connectivity index (χ3v) is 14.7. The van der Waals surface area contributed by atoms with Crippen LogP contribution in [0.3, 0.4) is 0 Å². The molecular weight excluding hydrogens is 1010 g/mol. The zero-order valence-electron chi connectivity index (χ0n) is 45.2. The summed E-state index contributed by atoms with van der Waals surface area (Å²) < 4.78 is 18.0. The first-order chi connectivity index (χ1) is 38.0. The van der Waals surface area contributed by atoms with Gasteiger partial charge in [0.1, 0.15) is 24.1 Å². The summed E-state index contributed by atoms with van der Waals surface area (Å²) in [6.07, 6.45) is 10.2. The molecule has 0 bridgehead atoms. The van der Waals surface area contributed by atoms with Gasteiger partial charge in [0.2, 0.25) is 17.7 Å². The number of aliphatic imine (C=N–C) groups is 1. The largest absolute Gasteiger partial charge is 0.493 e. The minimum absolute atomic E-state index is 0.163. The highest BCUT2D eigenvalue weighted by atomic mass is 16.5. The Morgan fingerprint density at radius 3 is 2.09 bits per heavy atom. The predicted octanol–water partition coefficient (Wildman–Crippen LogP) is 7.20. The van der Waals surface area contributed by atoms with Crippen LogP contribution in [0.15, 0.2) is 102 Å². The van der Waals surface area contributed by atoms with Crippen LogP contribution in [0.1, 0.15) is 109 Å². The SMILES string of the molecule is COc1cc2c(cc1OCCCOc1cc3c(cc1C)C(=O)N1C=C(c4ccc(C)cc4)C[C@H]1C(O)N3)N=C[C@@H]1CC(c3ccc(NC(=O)[C@H](C)NC(=O)[C@@H](NC(=O)CCCCCN4C(=O)C=CC4=O)C(C)C)cc3)=CN1C2=O. The lowest BCUT2D eigenvalue weighted by Gasteiger charge is -2.24. The fourth-order valence-corrected chi connectivity index (χ4v) is 10.2. The van der Waals surface area contributed by atoms with Crippen LogP contribution in [0.4, 0.5) is 17.1 Å². The molecule has 9 rings (SSSR count). The number of benzene rings is 4. The Kier molecular flexibility index (Phi) is 16.7. The van der Waals surface area contributed by atoms with Gasteiger partial charge in [0.15, 0.2) is 11.5 Å². The van der Waals surface area contributed by atoms with E-state index in [0.717, 1.165) is 38.3 Å². The van der Waals surface area contributed by atoms with Crippen molar-refractivity contribution < 1.29 is 52.9 Å². The summed E-state index contributed by atoms with van der Waals surface area (Å²) in [6, 6.07) is 19.6. The van der Waals surface area contributed by atoms with Crippen molar-refractivity contribution in [3.05, 3.63) is 131 Å². The zero-order valence-corrected chi connectivity index (χ0v) is 45.2. The molecule has 0 spiro atoms. The second-order valence-corrected chi connectivity index (χ2v) is 20.8. The van der Waals surface area contributed by atoms with Crippen molar-refractivity contribution in [2.75, 3.05) is 37.5 Å². The molecular formula is C60H66N8O11. The molecule has 0 aliphatic carbocycles. The van der Waals surface area contributed by atoms with Crippen LogP contribution in [-0.2, 0) is 24.0 Å². The van der Waals surface area contributed by atoms with E-state index in [0.29, 0.717) is 90.6 Å². The number of hydrogen-bond donors (Lipinski definition) is 5. The van der Waals surface area contributed by atoms with Gasteiger partial charge in [0.25, 0.3) is 23.6 Å². The highest BCUT2D eigenvalue weighted by Gasteiger charge is 2.40. The second-order valence-electron chi connectivity index (χ2n) is 20.8. The molecule has 5 aliphatic rings. The highest BCUT2D eigenvalue weighted by Crippen LogP contribution is 2.41. The van der Waals surface area contributed by atoms with Gasteiger partial charge in [-0.2, -0.15) is 0 Å². The van der Waals surface area contributed by atoms with Gasteiger partial charge < -0.3 is 50.4 Å². The average molecular weight is 1080 g/mol. The van der Waals surface area contributed by atoms with Crippen LogP contribution in [-0.4, -0.2) is 125 Å². The number of fused-ring (bicyclic) bond motifs is 4. The highest BCUT2D eigenvalue weighted by molar-refractivity contribution is 6.13. The quantitative estimate of drug-likeness (QED) is 0.0412. The van der Waals surface area contributed by atoms with Gasteiger partial charge in [-0.05, 0) is 98.1 Å². The Balaban J connectivity index is 0.737. The number of aliphatic hydroxyl groups is 1. The summed E-state index contributed by atoms with van der Waals surface area (Å²) in [5, 5.41) is 22.7. The number of carbonyl (C=O) groups excluding carboxylic acids is 7. The van der Waals surface area contributed by atoms with E-state index < -0.39 is 36.2 Å². The predicted molar refractivity (Wildman–Crippen MR) is 298 cm³/mol. The summed E-state index contributed by atoms with van der Waals surface area (Å²) in [6.45, 7) is 9.90. The third kappa shape index (κ3) is 12.4. The van der Waals surface area contributed by atoms with Crippen molar-refractivity contribution in [1.29, 1.82) is 0 Å². The number of imide groups is 1. The van der Waals surface area contributed by atoms with Gasteiger partial charge in [0.05, 0.1) is 54.9 Å². The summed E-state index contributed by atoms with van der Waals surface area (Å²) in [5.74, 6) is -1.28. The Morgan fingerprint density at radius 1 is 0.734 bits per heavy atom. The van der Waals surface area contributed by atoms with E-state index in [4.69, 9.17) is 19.2 Å². The number of aliphatic hydroxyl groups excluding tert-OH is 1. The summed E-state index contributed by atoms with van der Waals surface area (Å²) in [5.41, 5.74) is 7.91. The van der Waals surface area contributed by atoms with E-state index in [1.807, 2.05) is 62.6 Å². The molecule has 19 nitrogen and oxygen atoms in total. The number of anilines is 2. The van der Waals surface area contributed by atoms with Crippen molar-refractivity contribution in [2.24, 2.45) is 10.9 Å². The first-order valence-electron chi connectivity index (χ1n) is 26.8. The van der Waals surface area contributed by atoms with Crippen LogP contribution >= 0.6 is 0 Å². The van der Waals surface area contributed by atoms with Crippen LogP contribution in [0.5, 0.6) is 17.2 Å². The normalized spacial score (nSPS) is 18.8. The molecule has 5 heterocycles. The van der Waals surface area contributed by atoms with Crippen molar-refractivity contribution in [1.82, 2.24) is 25.3 Å². The second kappa shape index (κ2) is 24.0. The van der Waals surface area contributed by atoms with E-state index in [1.54, 1.807) is 73.2 Å². The Bertz CT molecular complexity index is 3170. The first-order valence-corrected chi connectivity index (χ1v) is 26.8. The molecule has 0 saturated heterocycles. The topological polar surface area (TPSA) is 238 Å². The van der Waals surface area contributed by atoms with Crippen molar-refractivity contribution >= 4 is 75.8 Å². The molecule has 1 unspecified atom stereocenters. The van der Waals surface area contributed by atoms with E-state index in [1.165, 1.54) is 19.3 Å². The van der Waals surface area contributed by atoms with Gasteiger partial charge in [-0.1, -0.05) is 62.2 Å². The van der Waals surface area contributed by atoms with E-state index in [-0.39, 0.29) is 61.1 Å². The van der Waals surface area contributed by atoms with E-state index >= 15 is 0 Å². The van der Waals surface area contributed by atoms with Gasteiger partial charge >= 0.3 is 0 Å². The molecule has 4 aromatic rings. The molecule has 19 heteroatoms. The van der Waals surface area contributed by atoms with Crippen LogP contribution < -0.4 is 35.5 Å². The molecule has 5 aliphatic heterocycles. The molecule has 5 atom stereocenters. The molecule has 0 fully saturated rings. The number of methoxy groups -OCH3 is 1. The molecule has 0 saturated carbocycles. The van der Waals surface area contributed by atoms with E-state index in [9.17, 15) is 38.7 Å². The fourth-order valence-electron chi connectivity index (χ4n) is 10.2. The summed E-state index contributed by atoms with van der Waals surface area (Å²) in [4.78, 5) is 99.9. The monoisotopic (exact) mass is 1070 g/mol. The maximum Gasteiger partial charge on any atom is 0.260 e. The molecule has 7 amide bonds. The summed E-state index contributed by atoms with van der Waals surface area (Å²) in [7, 11) is 1.51. The smallest absolute Gasteiger partial charge is 0.260 e. The van der Waals surface area contributed by atoms with Crippen LogP contribution in [0.25, 0.3) is 11.1 Å². The van der Waals surface area contributed by atoms with Crippen LogP contribution in [0, 0.1) is 19.8 Å². The summed E-state index contributed by atoms with van der Waals surface area (Å²) >= 11 is 0. The number of nitrogens with zero attached hydrogens (tertiary/aromatic N) is 4. The van der Waals surface area contributed by atoms with Crippen molar-refractivity contribution in [3.8, 4) is 17.2 Å². The number of amides is 7. The number of hydrogen-bond acceptors (Lipinski definition) is 13. The number of carbonyl (C=O) groups is 7. The number of ether oxygens (including phenoxy) is 3. The lowest BCUT2D eigenvalue weighted by atomic mass is 10.0. The minimum Gasteiger partial charge on any atom is -0.493 e. The van der Waals surface area contributed by atoms with Crippen molar-refractivity contribution in [2.45, 2.75) is 110 Å². The maximum absolute atomic E-state index is 14.1. The minimum atomic E-state index is -0.996. The molecule has 0 radical (unpaired) electrons. The number of nitrogens with one attached hydrogen (secondary N) is 4. The fraction of sp³-hybridized carbons (Fsp3) is 0.367. The van der Waals surface area contributed by atoms with E-state index in [2.05, 4.69) is 21.3 Å². The first kappa shape index (κ1) is 55.2.